The second-order valence-corrected chi connectivity index (χ2v) is 27.4. The standard InChI is InChI=1S/C57H83IO18/c1-26-14-30-6-8-36-27(2)15-32(64-36)10-12-57-22-35(62)51(75-57)53-49(58)54(76-57)52-37(70-53)9-7-31(66-52)16-48(63)69-42-19-40-41(67-39(42)18-38(65-30)29(26)4)20-43-46(68-40)24-55(5,72-43)23-45-33(60)11-13-56(74-45)21-28(3)50-44(73-56)17-34(61)47(25-59)71-50/h26,28,30-47,49-54,59-62H,2,4,6-25H2,1,3,5H3/t26-,28+,30+,31-,32+,33+,34-,35?,36+,37+,38-,39+,40?,41+,42-,43-,44+,45+,46?,47-,49-,50+,51?,52+,53-,54-,55+,56+,57+/m1/s1. The number of aliphatic hydroxyl groups is 4. The largest absolute Gasteiger partial charge is 0.459 e. The molecule has 426 valence electrons. The highest BCUT2D eigenvalue weighted by Gasteiger charge is 2.64. The van der Waals surface area contributed by atoms with Gasteiger partial charge in [0.15, 0.2) is 11.6 Å². The SMILES string of the molecule is C=C1C[C@@H]2CC[C@]34CC(O)C(O3)[C@@H]3O[C@H]5CC[C@H](CC(=O)O[C@@H]6CC7OC8C[C@](C)(C[C@@H]9O[C@@]%10(CC[C@@H]9O)C[C@H](C)[C@@H]9O[C@H](CO)[C@H](O)C[C@@H]9O%10)O[C@@H]8C[C@@H]7O[C@H]6C[C@H]6O[C@@H](CC[C@@H]1O2)C[C@@H](C)C6=C)O[C@@H]5[C@H](O4)[C@@H]3I. The molecule has 0 amide bonds. The third-order valence-corrected chi connectivity index (χ3v) is 21.7. The van der Waals surface area contributed by atoms with Crippen molar-refractivity contribution in [1.82, 2.24) is 0 Å². The van der Waals surface area contributed by atoms with Gasteiger partial charge < -0.3 is 82.0 Å². The third-order valence-electron chi connectivity index (χ3n) is 20.3. The summed E-state index contributed by atoms with van der Waals surface area (Å²) in [5, 5.41) is 43.4. The van der Waals surface area contributed by atoms with E-state index in [1.54, 1.807) is 0 Å². The fourth-order valence-electron chi connectivity index (χ4n) is 16.4. The molecule has 13 aliphatic rings. The number of carbonyl (C=O) groups is 1. The molecule has 0 radical (unpaired) electrons. The van der Waals surface area contributed by atoms with Gasteiger partial charge in [-0.1, -0.05) is 49.6 Å². The molecule has 13 heterocycles. The summed E-state index contributed by atoms with van der Waals surface area (Å²) in [6.45, 7) is 15.2. The van der Waals surface area contributed by atoms with Gasteiger partial charge in [0.25, 0.3) is 0 Å². The van der Waals surface area contributed by atoms with Crippen LogP contribution >= 0.6 is 22.6 Å². The average Bonchev–Trinajstić information content (AvgIpc) is 4.01. The first-order chi connectivity index (χ1) is 36.4. The number of halogens is 1. The van der Waals surface area contributed by atoms with Crippen LogP contribution in [-0.4, -0.2) is 194 Å². The minimum absolute atomic E-state index is 0.0357. The zero-order valence-electron chi connectivity index (χ0n) is 44.4. The Morgan fingerprint density at radius 1 is 0.553 bits per heavy atom. The first-order valence-corrected chi connectivity index (χ1v) is 30.5. The Morgan fingerprint density at radius 2 is 1.28 bits per heavy atom. The molecule has 29 atom stereocenters. The number of aliphatic hydroxyl groups excluding tert-OH is 4. The summed E-state index contributed by atoms with van der Waals surface area (Å²) < 4.78 is 88.2. The Hall–Kier alpha value is -0.960. The Bertz CT molecular complexity index is 2170. The lowest BCUT2D eigenvalue weighted by molar-refractivity contribution is -0.372. The number of hydrogen-bond donors (Lipinski definition) is 4. The van der Waals surface area contributed by atoms with Crippen LogP contribution in [0.4, 0.5) is 0 Å². The number of ether oxygens (including phenoxy) is 13. The lowest BCUT2D eigenvalue weighted by Crippen LogP contribution is -2.63. The maximum Gasteiger partial charge on any atom is 0.308 e. The molecule has 0 aromatic heterocycles. The van der Waals surface area contributed by atoms with Gasteiger partial charge in [-0.3, -0.25) is 4.79 Å². The van der Waals surface area contributed by atoms with Crippen molar-refractivity contribution in [3.8, 4) is 0 Å². The van der Waals surface area contributed by atoms with E-state index in [1.807, 2.05) is 0 Å². The van der Waals surface area contributed by atoms with Crippen LogP contribution in [-0.2, 0) is 66.4 Å². The lowest BCUT2D eigenvalue weighted by Gasteiger charge is -2.54. The Labute approximate surface area is 460 Å². The van der Waals surface area contributed by atoms with Crippen LogP contribution in [0, 0.1) is 11.8 Å². The smallest absolute Gasteiger partial charge is 0.308 e. The quantitative estimate of drug-likeness (QED) is 0.125. The Kier molecular flexibility index (Phi) is 15.0. The molecular weight excluding hydrogens is 1100 g/mol. The van der Waals surface area contributed by atoms with E-state index in [0.29, 0.717) is 89.9 Å². The number of rotatable bonds is 3. The van der Waals surface area contributed by atoms with E-state index in [4.69, 9.17) is 61.6 Å². The van der Waals surface area contributed by atoms with Crippen molar-refractivity contribution in [3.05, 3.63) is 24.3 Å². The van der Waals surface area contributed by atoms with Crippen molar-refractivity contribution >= 4 is 28.6 Å². The highest BCUT2D eigenvalue weighted by Crippen LogP contribution is 2.53. The fourth-order valence-corrected chi connectivity index (χ4v) is 17.5. The van der Waals surface area contributed by atoms with Crippen LogP contribution in [0.3, 0.4) is 0 Å². The third kappa shape index (κ3) is 10.3. The molecule has 76 heavy (non-hydrogen) atoms. The molecular formula is C57H83IO18. The van der Waals surface area contributed by atoms with Crippen LogP contribution in [0.25, 0.3) is 0 Å². The second-order valence-electron chi connectivity index (χ2n) is 25.9. The zero-order valence-corrected chi connectivity index (χ0v) is 46.6. The first-order valence-electron chi connectivity index (χ1n) is 29.2. The van der Waals surface area contributed by atoms with Gasteiger partial charge in [0.05, 0.1) is 126 Å². The van der Waals surface area contributed by atoms with Crippen LogP contribution in [0.1, 0.15) is 143 Å². The topological polar surface area (TPSA) is 218 Å². The monoisotopic (exact) mass is 1180 g/mol. The number of fused-ring (bicyclic) bond motifs is 12. The normalized spacial score (nSPS) is 56.3. The molecule has 13 rings (SSSR count). The summed E-state index contributed by atoms with van der Waals surface area (Å²) in [6, 6.07) is 0. The number of esters is 1. The van der Waals surface area contributed by atoms with Gasteiger partial charge in [0, 0.05) is 64.2 Å². The molecule has 18 nitrogen and oxygen atoms in total. The number of hydrogen-bond acceptors (Lipinski definition) is 18. The van der Waals surface area contributed by atoms with Gasteiger partial charge in [-0.05, 0) is 81.3 Å². The second kappa shape index (κ2) is 21.0. The van der Waals surface area contributed by atoms with E-state index in [1.165, 1.54) is 0 Å². The highest BCUT2D eigenvalue weighted by molar-refractivity contribution is 14.1. The van der Waals surface area contributed by atoms with Gasteiger partial charge in [-0.15, -0.1) is 0 Å². The van der Waals surface area contributed by atoms with Crippen molar-refractivity contribution in [1.29, 1.82) is 0 Å². The summed E-state index contributed by atoms with van der Waals surface area (Å²) in [5.41, 5.74) is 1.41. The molecule has 19 heteroatoms. The molecule has 0 aromatic rings. The Balaban J connectivity index is 0.717. The summed E-state index contributed by atoms with van der Waals surface area (Å²) in [6.07, 6.45) is 1.15. The van der Waals surface area contributed by atoms with Crippen LogP contribution < -0.4 is 0 Å². The molecule has 4 unspecified atom stereocenters. The maximum atomic E-state index is 14.4. The van der Waals surface area contributed by atoms with E-state index in [9.17, 15) is 25.2 Å². The summed E-state index contributed by atoms with van der Waals surface area (Å²) in [7, 11) is 0. The van der Waals surface area contributed by atoms with Crippen LogP contribution in [0.5, 0.6) is 0 Å². The minimum Gasteiger partial charge on any atom is -0.459 e. The molecule has 4 N–H and O–H groups in total. The van der Waals surface area contributed by atoms with Crippen molar-refractivity contribution in [2.24, 2.45) is 11.8 Å². The van der Waals surface area contributed by atoms with Crippen LogP contribution in [0.15, 0.2) is 24.3 Å². The predicted molar refractivity (Wildman–Crippen MR) is 276 cm³/mol. The van der Waals surface area contributed by atoms with Crippen LogP contribution in [0.2, 0.25) is 0 Å². The zero-order chi connectivity index (χ0) is 52.6. The highest BCUT2D eigenvalue weighted by atomic mass is 127. The van der Waals surface area contributed by atoms with Crippen molar-refractivity contribution in [2.75, 3.05) is 6.61 Å². The van der Waals surface area contributed by atoms with Gasteiger partial charge in [0.2, 0.25) is 0 Å². The molecule has 10 bridgehead atoms. The molecule has 13 saturated heterocycles. The first kappa shape index (κ1) is 54.3. The van der Waals surface area contributed by atoms with E-state index in [-0.39, 0.29) is 108 Å². The van der Waals surface area contributed by atoms with Crippen molar-refractivity contribution < 1.29 is 86.8 Å². The maximum absolute atomic E-state index is 14.4. The molecule has 13 aliphatic heterocycles. The molecule has 2 spiro atoms. The lowest BCUT2D eigenvalue weighted by atomic mass is 9.80. The van der Waals surface area contributed by atoms with E-state index < -0.39 is 84.3 Å². The number of alkyl halides is 1. The van der Waals surface area contributed by atoms with Gasteiger partial charge in [-0.2, -0.15) is 0 Å². The van der Waals surface area contributed by atoms with Crippen molar-refractivity contribution in [2.45, 2.75) is 304 Å². The summed E-state index contributed by atoms with van der Waals surface area (Å²) in [4.78, 5) is 14.4. The minimum atomic E-state index is -1.02. The number of carbonyl (C=O) groups excluding carboxylic acids is 1. The van der Waals surface area contributed by atoms with Crippen molar-refractivity contribution in [3.63, 3.8) is 0 Å². The summed E-state index contributed by atoms with van der Waals surface area (Å²) in [5.74, 6) is -2.06. The van der Waals surface area contributed by atoms with E-state index in [2.05, 4.69) is 56.5 Å². The summed E-state index contributed by atoms with van der Waals surface area (Å²) >= 11 is 2.38. The van der Waals surface area contributed by atoms with E-state index in [0.717, 1.165) is 36.8 Å². The van der Waals surface area contributed by atoms with Gasteiger partial charge >= 0.3 is 5.97 Å². The molecule has 13 fully saturated rings. The van der Waals surface area contributed by atoms with Gasteiger partial charge in [-0.25, -0.2) is 0 Å². The molecule has 0 aliphatic carbocycles. The Morgan fingerprint density at radius 3 is 2.11 bits per heavy atom. The molecule has 0 saturated carbocycles. The van der Waals surface area contributed by atoms with E-state index >= 15 is 0 Å². The van der Waals surface area contributed by atoms with Gasteiger partial charge in [0.1, 0.15) is 36.6 Å². The predicted octanol–water partition coefficient (Wildman–Crippen LogP) is 5.10. The fraction of sp³-hybridized carbons (Fsp3) is 0.912. The molecule has 0 aromatic carbocycles. The average molecular weight is 1180 g/mol.